The number of hydrogen-bond acceptors (Lipinski definition) is 1. The molecule has 0 saturated heterocycles. The molecule has 0 aliphatic heterocycles. The van der Waals surface area contributed by atoms with Crippen LogP contribution in [-0.4, -0.2) is 29.8 Å². The summed E-state index contributed by atoms with van der Waals surface area (Å²) in [5.74, 6) is -0.0192. The van der Waals surface area contributed by atoms with Gasteiger partial charge in [-0.1, -0.05) is 11.6 Å². The lowest BCUT2D eigenvalue weighted by molar-refractivity contribution is 0.0792. The quantitative estimate of drug-likeness (QED) is 0.565. The number of nitrogens with zero attached hydrogens (tertiary/aromatic N) is 1. The van der Waals surface area contributed by atoms with Crippen LogP contribution >= 0.6 is 45.8 Å². The van der Waals surface area contributed by atoms with Gasteiger partial charge in [0, 0.05) is 27.6 Å². The molecule has 1 rings (SSSR count). The van der Waals surface area contributed by atoms with Gasteiger partial charge in [0.15, 0.2) is 0 Å². The lowest BCUT2D eigenvalue weighted by Gasteiger charge is -2.18. The monoisotopic (exact) mass is 385 g/mol. The Morgan fingerprint density at radius 1 is 1.53 bits per heavy atom. The topological polar surface area (TPSA) is 20.3 Å². The van der Waals surface area contributed by atoms with Crippen LogP contribution in [0.1, 0.15) is 23.7 Å². The van der Waals surface area contributed by atoms with Gasteiger partial charge in [0.1, 0.15) is 0 Å². The predicted molar refractivity (Wildman–Crippen MR) is 81.1 cm³/mol. The molecule has 1 amide bonds. The normalized spacial score (nSPS) is 12.3. The van der Waals surface area contributed by atoms with Gasteiger partial charge in [-0.15, -0.1) is 11.6 Å². The van der Waals surface area contributed by atoms with Crippen molar-refractivity contribution in [1.29, 1.82) is 0 Å². The first-order chi connectivity index (χ1) is 7.91. The van der Waals surface area contributed by atoms with Crippen LogP contribution in [0.4, 0.5) is 0 Å². The van der Waals surface area contributed by atoms with E-state index >= 15 is 0 Å². The zero-order valence-corrected chi connectivity index (χ0v) is 13.4. The molecule has 0 aromatic heterocycles. The fraction of sp³-hybridized carbons (Fsp3) is 0.417. The Morgan fingerprint density at radius 2 is 2.18 bits per heavy atom. The number of amides is 1. The first-order valence-electron chi connectivity index (χ1n) is 5.26. The Labute approximate surface area is 125 Å². The molecule has 1 unspecified atom stereocenters. The van der Waals surface area contributed by atoms with Crippen LogP contribution in [-0.2, 0) is 0 Å². The summed E-state index contributed by atoms with van der Waals surface area (Å²) in [6.07, 6.45) is 0.779. The van der Waals surface area contributed by atoms with E-state index in [1.165, 1.54) is 0 Å². The Bertz CT molecular complexity index is 409. The fourth-order valence-corrected chi connectivity index (χ4v) is 2.18. The molecule has 2 nitrogen and oxygen atoms in total. The van der Waals surface area contributed by atoms with Gasteiger partial charge >= 0.3 is 0 Å². The summed E-state index contributed by atoms with van der Waals surface area (Å²) in [5, 5.41) is 0.650. The van der Waals surface area contributed by atoms with E-state index in [0.717, 1.165) is 9.99 Å². The average Bonchev–Trinajstić information content (AvgIpc) is 2.28. The minimum atomic E-state index is -0.0192. The van der Waals surface area contributed by atoms with Gasteiger partial charge < -0.3 is 4.90 Å². The molecule has 0 aliphatic carbocycles. The van der Waals surface area contributed by atoms with Gasteiger partial charge in [0.05, 0.1) is 5.56 Å². The molecule has 0 fully saturated rings. The van der Waals surface area contributed by atoms with Gasteiger partial charge in [-0.2, -0.15) is 0 Å². The summed E-state index contributed by atoms with van der Waals surface area (Å²) in [5.41, 5.74) is 0.642. The molecule has 1 atom stereocenters. The second kappa shape index (κ2) is 6.81. The van der Waals surface area contributed by atoms with E-state index in [4.69, 9.17) is 23.2 Å². The SMILES string of the molecule is CC(Cl)CCN(C)C(=O)c1cc(Cl)ccc1I. The second-order valence-corrected chi connectivity index (χ2v) is 6.26. The number of carbonyl (C=O) groups is 1. The first-order valence-corrected chi connectivity index (χ1v) is 7.15. The van der Waals surface area contributed by atoms with Crippen molar-refractivity contribution < 1.29 is 4.79 Å². The molecule has 0 radical (unpaired) electrons. The number of alkyl halides is 1. The third-order valence-corrected chi connectivity index (χ3v) is 3.76. The van der Waals surface area contributed by atoms with Gasteiger partial charge in [0.2, 0.25) is 0 Å². The molecule has 5 heteroatoms. The summed E-state index contributed by atoms with van der Waals surface area (Å²) in [7, 11) is 1.78. The number of rotatable bonds is 4. The molecule has 0 aliphatic rings. The molecule has 17 heavy (non-hydrogen) atoms. The maximum absolute atomic E-state index is 12.1. The highest BCUT2D eigenvalue weighted by atomic mass is 127. The van der Waals surface area contributed by atoms with Crippen LogP contribution in [0.2, 0.25) is 5.02 Å². The summed E-state index contributed by atoms with van der Waals surface area (Å²) in [4.78, 5) is 13.8. The lowest BCUT2D eigenvalue weighted by atomic mass is 10.2. The smallest absolute Gasteiger partial charge is 0.254 e. The van der Waals surface area contributed by atoms with Crippen molar-refractivity contribution in [2.75, 3.05) is 13.6 Å². The highest BCUT2D eigenvalue weighted by molar-refractivity contribution is 14.1. The maximum atomic E-state index is 12.1. The van der Waals surface area contributed by atoms with Gasteiger partial charge in [-0.3, -0.25) is 4.79 Å². The van der Waals surface area contributed by atoms with Gasteiger partial charge in [-0.05, 0) is 54.1 Å². The highest BCUT2D eigenvalue weighted by Crippen LogP contribution is 2.19. The van der Waals surface area contributed by atoms with Crippen molar-refractivity contribution in [3.05, 3.63) is 32.4 Å². The van der Waals surface area contributed by atoms with Crippen molar-refractivity contribution >= 4 is 51.7 Å². The van der Waals surface area contributed by atoms with Crippen LogP contribution in [0.15, 0.2) is 18.2 Å². The van der Waals surface area contributed by atoms with E-state index < -0.39 is 0 Å². The minimum Gasteiger partial charge on any atom is -0.342 e. The Kier molecular flexibility index (Phi) is 6.03. The predicted octanol–water partition coefficient (Wildman–Crippen LogP) is 4.03. The van der Waals surface area contributed by atoms with Gasteiger partial charge in [0.25, 0.3) is 5.91 Å². The molecule has 0 spiro atoms. The summed E-state index contributed by atoms with van der Waals surface area (Å²) >= 11 is 13.9. The first kappa shape index (κ1) is 15.1. The average molecular weight is 386 g/mol. The molecular formula is C12H14Cl2INO. The molecule has 1 aromatic carbocycles. The number of carbonyl (C=O) groups excluding carboxylic acids is 1. The third kappa shape index (κ3) is 4.64. The van der Waals surface area contributed by atoms with E-state index in [1.807, 2.05) is 13.0 Å². The fourth-order valence-electron chi connectivity index (χ4n) is 1.34. The largest absolute Gasteiger partial charge is 0.342 e. The summed E-state index contributed by atoms with van der Waals surface area (Å²) in [6, 6.07) is 5.32. The van der Waals surface area contributed by atoms with Gasteiger partial charge in [-0.25, -0.2) is 0 Å². The molecule has 1 aromatic rings. The van der Waals surface area contributed by atoms with E-state index in [2.05, 4.69) is 22.6 Å². The molecule has 0 bridgehead atoms. The molecule has 0 N–H and O–H groups in total. The highest BCUT2D eigenvalue weighted by Gasteiger charge is 2.15. The number of hydrogen-bond donors (Lipinski definition) is 0. The molecular weight excluding hydrogens is 372 g/mol. The maximum Gasteiger partial charge on any atom is 0.254 e. The number of halogens is 3. The van der Waals surface area contributed by atoms with E-state index in [1.54, 1.807) is 24.1 Å². The summed E-state index contributed by atoms with van der Waals surface area (Å²) < 4.78 is 0.905. The van der Waals surface area contributed by atoms with Crippen molar-refractivity contribution in [2.24, 2.45) is 0 Å². The van der Waals surface area contributed by atoms with Crippen LogP contribution in [0, 0.1) is 3.57 Å². The van der Waals surface area contributed by atoms with E-state index in [0.29, 0.717) is 17.1 Å². The number of benzene rings is 1. The molecule has 0 heterocycles. The van der Waals surface area contributed by atoms with Crippen molar-refractivity contribution in [3.63, 3.8) is 0 Å². The Morgan fingerprint density at radius 3 is 2.76 bits per heavy atom. The molecule has 94 valence electrons. The van der Waals surface area contributed by atoms with E-state index in [-0.39, 0.29) is 11.3 Å². The minimum absolute atomic E-state index is 0.0192. The van der Waals surface area contributed by atoms with Crippen LogP contribution < -0.4 is 0 Å². The Hall–Kier alpha value is -0.000000000000000111. The van der Waals surface area contributed by atoms with Crippen LogP contribution in [0.25, 0.3) is 0 Å². The zero-order chi connectivity index (χ0) is 13.0. The van der Waals surface area contributed by atoms with Crippen molar-refractivity contribution in [2.45, 2.75) is 18.7 Å². The zero-order valence-electron chi connectivity index (χ0n) is 9.71. The van der Waals surface area contributed by atoms with Crippen LogP contribution in [0.3, 0.4) is 0 Å². The Balaban J connectivity index is 2.78. The van der Waals surface area contributed by atoms with E-state index in [9.17, 15) is 4.79 Å². The van der Waals surface area contributed by atoms with Crippen LogP contribution in [0.5, 0.6) is 0 Å². The standard InChI is InChI=1S/C12H14Cl2INO/c1-8(13)5-6-16(2)12(17)10-7-9(14)3-4-11(10)15/h3-4,7-8H,5-6H2,1-2H3. The summed E-state index contributed by atoms with van der Waals surface area (Å²) in [6.45, 7) is 2.56. The second-order valence-electron chi connectivity index (χ2n) is 3.92. The third-order valence-electron chi connectivity index (χ3n) is 2.37. The molecule has 0 saturated carbocycles. The van der Waals surface area contributed by atoms with Crippen molar-refractivity contribution in [3.8, 4) is 0 Å². The lowest BCUT2D eigenvalue weighted by Crippen LogP contribution is -2.29. The van der Waals surface area contributed by atoms with Crippen molar-refractivity contribution in [1.82, 2.24) is 4.90 Å².